The molecular formula is C23H16F4N4O2. The molecule has 3 aromatic carbocycles. The summed E-state index contributed by atoms with van der Waals surface area (Å²) < 4.78 is 58.6. The highest BCUT2D eigenvalue weighted by Crippen LogP contribution is 2.31. The zero-order valence-corrected chi connectivity index (χ0v) is 17.1. The molecule has 168 valence electrons. The summed E-state index contributed by atoms with van der Waals surface area (Å²) in [6.45, 7) is 0. The third-order valence-corrected chi connectivity index (χ3v) is 4.68. The van der Waals surface area contributed by atoms with Gasteiger partial charge in [0.15, 0.2) is 5.82 Å². The molecule has 4 rings (SSSR count). The minimum atomic E-state index is -4.46. The van der Waals surface area contributed by atoms with E-state index in [4.69, 9.17) is 4.74 Å². The number of carbonyl (C=O) groups is 1. The van der Waals surface area contributed by atoms with E-state index in [9.17, 15) is 22.4 Å². The first-order valence-corrected chi connectivity index (χ1v) is 9.60. The number of nitrogens with one attached hydrogen (secondary N) is 1. The lowest BCUT2D eigenvalue weighted by Gasteiger charge is -2.10. The van der Waals surface area contributed by atoms with E-state index < -0.39 is 23.5 Å². The van der Waals surface area contributed by atoms with E-state index in [1.165, 1.54) is 42.1 Å². The van der Waals surface area contributed by atoms with Gasteiger partial charge in [-0.15, -0.1) is 5.10 Å². The number of aromatic nitrogens is 3. The van der Waals surface area contributed by atoms with Crippen molar-refractivity contribution in [3.63, 3.8) is 0 Å². The lowest BCUT2D eigenvalue weighted by atomic mass is 10.1. The summed E-state index contributed by atoms with van der Waals surface area (Å²) in [4.78, 5) is 16.7. The maximum absolute atomic E-state index is 13.4. The topological polar surface area (TPSA) is 69.0 Å². The Balaban J connectivity index is 1.67. The normalized spacial score (nSPS) is 11.3. The van der Waals surface area contributed by atoms with Crippen LogP contribution in [0.1, 0.15) is 15.9 Å². The average Bonchev–Trinajstić information content (AvgIpc) is 3.23. The number of carbonyl (C=O) groups excluding carboxylic acids is 1. The molecule has 0 atom stereocenters. The highest BCUT2D eigenvalue weighted by atomic mass is 19.4. The third kappa shape index (κ3) is 4.84. The average molecular weight is 456 g/mol. The van der Waals surface area contributed by atoms with Gasteiger partial charge in [0.25, 0.3) is 5.91 Å². The summed E-state index contributed by atoms with van der Waals surface area (Å²) in [6, 6.07) is 16.3. The quantitative estimate of drug-likeness (QED) is 0.411. The van der Waals surface area contributed by atoms with Crippen LogP contribution in [0.15, 0.2) is 72.8 Å². The largest absolute Gasteiger partial charge is 0.466 e. The molecule has 4 aromatic rings. The number of halogens is 4. The van der Waals surface area contributed by atoms with E-state index in [1.807, 2.05) is 0 Å². The number of amides is 1. The van der Waals surface area contributed by atoms with Gasteiger partial charge in [-0.3, -0.25) is 4.79 Å². The van der Waals surface area contributed by atoms with E-state index in [2.05, 4.69) is 15.4 Å². The molecule has 0 aliphatic rings. The molecule has 1 aromatic heterocycles. The minimum Gasteiger partial charge on any atom is -0.466 e. The molecule has 0 saturated carbocycles. The molecular weight excluding hydrogens is 440 g/mol. The Morgan fingerprint density at radius 2 is 1.73 bits per heavy atom. The summed E-state index contributed by atoms with van der Waals surface area (Å²) in [7, 11) is 1.37. The molecule has 0 spiro atoms. The molecule has 0 saturated heterocycles. The van der Waals surface area contributed by atoms with E-state index in [0.717, 1.165) is 18.2 Å². The highest BCUT2D eigenvalue weighted by Gasteiger charge is 2.30. The van der Waals surface area contributed by atoms with Crippen LogP contribution in [-0.2, 0) is 6.18 Å². The Labute approximate surface area is 185 Å². The monoisotopic (exact) mass is 456 g/mol. The molecule has 0 fully saturated rings. The van der Waals surface area contributed by atoms with Gasteiger partial charge < -0.3 is 10.1 Å². The Morgan fingerprint density at radius 1 is 1.00 bits per heavy atom. The Bertz CT molecular complexity index is 1300. The maximum Gasteiger partial charge on any atom is 0.416 e. The second kappa shape index (κ2) is 8.73. The van der Waals surface area contributed by atoms with Crippen LogP contribution in [0.2, 0.25) is 0 Å². The molecule has 0 unspecified atom stereocenters. The molecule has 0 radical (unpaired) electrons. The fraction of sp³-hybridized carbons (Fsp3) is 0.0870. The van der Waals surface area contributed by atoms with Crippen molar-refractivity contribution in [3.8, 4) is 23.1 Å². The molecule has 1 heterocycles. The van der Waals surface area contributed by atoms with Gasteiger partial charge in [0.05, 0.1) is 18.4 Å². The van der Waals surface area contributed by atoms with Gasteiger partial charge in [0.2, 0.25) is 0 Å². The summed E-state index contributed by atoms with van der Waals surface area (Å²) in [6.07, 6.45) is -4.46. The zero-order chi connectivity index (χ0) is 23.6. The Kier molecular flexibility index (Phi) is 5.82. The summed E-state index contributed by atoms with van der Waals surface area (Å²) in [5.41, 5.74) is 0.611. The van der Waals surface area contributed by atoms with Gasteiger partial charge >= 0.3 is 12.2 Å². The van der Waals surface area contributed by atoms with Crippen molar-refractivity contribution in [2.45, 2.75) is 6.18 Å². The summed E-state index contributed by atoms with van der Waals surface area (Å²) >= 11 is 0. The number of rotatable bonds is 5. The first kappa shape index (κ1) is 22.0. The van der Waals surface area contributed by atoms with Crippen LogP contribution in [0, 0.1) is 5.82 Å². The van der Waals surface area contributed by atoms with Crippen molar-refractivity contribution >= 4 is 11.6 Å². The molecule has 1 N–H and O–H groups in total. The number of hydrogen-bond acceptors (Lipinski definition) is 4. The first-order chi connectivity index (χ1) is 15.7. The number of anilines is 1. The third-order valence-electron chi connectivity index (χ3n) is 4.68. The lowest BCUT2D eigenvalue weighted by molar-refractivity contribution is -0.137. The number of nitrogens with zero attached hydrogens (tertiary/aromatic N) is 3. The van der Waals surface area contributed by atoms with Crippen LogP contribution >= 0.6 is 0 Å². The smallest absolute Gasteiger partial charge is 0.416 e. The van der Waals surface area contributed by atoms with Crippen LogP contribution in [0.4, 0.5) is 23.2 Å². The van der Waals surface area contributed by atoms with Crippen LogP contribution in [0.3, 0.4) is 0 Å². The van der Waals surface area contributed by atoms with Gasteiger partial charge in [0, 0.05) is 16.8 Å². The van der Waals surface area contributed by atoms with Crippen LogP contribution in [0.5, 0.6) is 6.01 Å². The molecule has 0 bridgehead atoms. The van der Waals surface area contributed by atoms with Crippen LogP contribution in [-0.4, -0.2) is 27.8 Å². The van der Waals surface area contributed by atoms with Gasteiger partial charge in [-0.2, -0.15) is 18.2 Å². The highest BCUT2D eigenvalue weighted by molar-refractivity contribution is 6.04. The van der Waals surface area contributed by atoms with Crippen LogP contribution in [0.25, 0.3) is 17.1 Å². The van der Waals surface area contributed by atoms with Crippen molar-refractivity contribution in [2.24, 2.45) is 0 Å². The van der Waals surface area contributed by atoms with Crippen molar-refractivity contribution in [1.29, 1.82) is 0 Å². The second-order valence-electron chi connectivity index (χ2n) is 6.92. The maximum atomic E-state index is 13.4. The van der Waals surface area contributed by atoms with E-state index in [0.29, 0.717) is 16.9 Å². The Morgan fingerprint density at radius 3 is 2.39 bits per heavy atom. The van der Waals surface area contributed by atoms with Crippen molar-refractivity contribution in [1.82, 2.24) is 14.8 Å². The van der Waals surface area contributed by atoms with E-state index >= 15 is 0 Å². The van der Waals surface area contributed by atoms with Crippen LogP contribution < -0.4 is 10.1 Å². The van der Waals surface area contributed by atoms with E-state index in [-0.39, 0.29) is 17.4 Å². The number of ether oxygens (including phenoxy) is 1. The van der Waals surface area contributed by atoms with Gasteiger partial charge in [-0.25, -0.2) is 9.07 Å². The van der Waals surface area contributed by atoms with E-state index in [1.54, 1.807) is 24.3 Å². The first-order valence-electron chi connectivity index (χ1n) is 9.60. The lowest BCUT2D eigenvalue weighted by Crippen LogP contribution is -2.12. The fourth-order valence-corrected chi connectivity index (χ4v) is 3.10. The van der Waals surface area contributed by atoms with Gasteiger partial charge in [0.1, 0.15) is 5.82 Å². The summed E-state index contributed by atoms with van der Waals surface area (Å²) in [5.74, 6) is -0.799. The van der Waals surface area contributed by atoms with Crippen molar-refractivity contribution in [3.05, 3.63) is 89.7 Å². The van der Waals surface area contributed by atoms with Gasteiger partial charge in [-0.05, 0) is 48.5 Å². The van der Waals surface area contributed by atoms with Gasteiger partial charge in [-0.1, -0.05) is 24.3 Å². The number of hydrogen-bond donors (Lipinski definition) is 1. The second-order valence-corrected chi connectivity index (χ2v) is 6.92. The van der Waals surface area contributed by atoms with Crippen molar-refractivity contribution < 1.29 is 27.1 Å². The number of benzene rings is 3. The molecule has 0 aliphatic carbocycles. The predicted molar refractivity (Wildman–Crippen MR) is 113 cm³/mol. The summed E-state index contributed by atoms with van der Waals surface area (Å²) in [5, 5.41) is 6.91. The minimum absolute atomic E-state index is 0.0131. The number of alkyl halides is 3. The fourth-order valence-electron chi connectivity index (χ4n) is 3.10. The molecule has 10 heteroatoms. The molecule has 0 aliphatic heterocycles. The number of methoxy groups -OCH3 is 1. The zero-order valence-electron chi connectivity index (χ0n) is 17.1. The van der Waals surface area contributed by atoms with Crippen molar-refractivity contribution in [2.75, 3.05) is 12.4 Å². The molecule has 33 heavy (non-hydrogen) atoms. The SMILES string of the molecule is COc1nc(-c2ccc(C(F)(F)F)cc2)n(-c2cccc(NC(=O)c3cccc(F)c3)c2)n1. The molecule has 6 nitrogen and oxygen atoms in total. The Hall–Kier alpha value is -4.21. The molecule has 1 amide bonds. The predicted octanol–water partition coefficient (Wildman–Crippen LogP) is 5.35. The standard InChI is InChI=1S/C23H16F4N4O2/c1-33-22-29-20(14-8-10-16(11-9-14)23(25,26)27)31(30-22)19-7-3-6-18(13-19)28-21(32)15-4-2-5-17(24)12-15/h2-13H,1H3,(H,28,32).